The SMILES string of the molecule is CC12CC[C]([Sn]([CH3])([CH3])[CH3])(CC1)c1cc(F)ccc12. The molecule has 98 valence electrons. The van der Waals surface area contributed by atoms with Crippen LogP contribution in [0.4, 0.5) is 4.39 Å². The Bertz CT molecular complexity index is 490. The van der Waals surface area contributed by atoms with Crippen LogP contribution in [0, 0.1) is 5.82 Å². The second-order valence-corrected chi connectivity index (χ2v) is 23.2. The van der Waals surface area contributed by atoms with Gasteiger partial charge in [-0.15, -0.1) is 0 Å². The van der Waals surface area contributed by atoms with Crippen molar-refractivity contribution in [1.29, 1.82) is 0 Å². The molecule has 0 aromatic heterocycles. The van der Waals surface area contributed by atoms with E-state index in [-0.39, 0.29) is 5.82 Å². The van der Waals surface area contributed by atoms with Crippen LogP contribution in [-0.4, -0.2) is 18.4 Å². The molecule has 2 heteroatoms. The molecule has 1 aromatic rings. The third kappa shape index (κ3) is 1.55. The van der Waals surface area contributed by atoms with Gasteiger partial charge in [0, 0.05) is 0 Å². The normalized spacial score (nSPS) is 34.5. The van der Waals surface area contributed by atoms with Gasteiger partial charge in [0.2, 0.25) is 0 Å². The van der Waals surface area contributed by atoms with Crippen LogP contribution >= 0.6 is 0 Å². The van der Waals surface area contributed by atoms with Crippen LogP contribution in [0.2, 0.25) is 14.8 Å². The molecule has 0 nitrogen and oxygen atoms in total. The number of rotatable bonds is 1. The van der Waals surface area contributed by atoms with Crippen LogP contribution in [0.25, 0.3) is 0 Å². The summed E-state index contributed by atoms with van der Waals surface area (Å²) in [7, 11) is 0. The van der Waals surface area contributed by atoms with Crippen molar-refractivity contribution in [3.05, 3.63) is 35.1 Å². The Balaban J connectivity index is 2.28. The summed E-state index contributed by atoms with van der Waals surface area (Å²) >= 11 is -2.14. The average Bonchev–Trinajstić information content (AvgIpc) is 2.28. The number of hydrogen-bond donors (Lipinski definition) is 0. The maximum absolute atomic E-state index is 13.7. The van der Waals surface area contributed by atoms with Crippen molar-refractivity contribution in [2.45, 2.75) is 56.3 Å². The minimum absolute atomic E-state index is 0.0418. The van der Waals surface area contributed by atoms with Gasteiger partial charge in [0.15, 0.2) is 0 Å². The first-order valence-electron chi connectivity index (χ1n) is 7.09. The molecule has 0 heterocycles. The Morgan fingerprint density at radius 1 is 1.00 bits per heavy atom. The van der Waals surface area contributed by atoms with E-state index < -0.39 is 18.4 Å². The first kappa shape index (κ1) is 13.0. The summed E-state index contributed by atoms with van der Waals surface area (Å²) in [6.07, 6.45) is 5.22. The molecule has 1 fully saturated rings. The predicted octanol–water partition coefficient (Wildman–Crippen LogP) is 4.79. The minimum atomic E-state index is -2.14. The number of benzene rings is 1. The molecule has 18 heavy (non-hydrogen) atoms. The van der Waals surface area contributed by atoms with E-state index >= 15 is 0 Å². The van der Waals surface area contributed by atoms with E-state index in [1.165, 1.54) is 36.8 Å². The van der Waals surface area contributed by atoms with Gasteiger partial charge in [-0.3, -0.25) is 0 Å². The van der Waals surface area contributed by atoms with Crippen molar-refractivity contribution in [2.75, 3.05) is 0 Å². The van der Waals surface area contributed by atoms with E-state index in [9.17, 15) is 4.39 Å². The van der Waals surface area contributed by atoms with E-state index in [0.29, 0.717) is 8.85 Å². The van der Waals surface area contributed by atoms with Crippen molar-refractivity contribution in [2.24, 2.45) is 0 Å². The Hall–Kier alpha value is -0.0513. The van der Waals surface area contributed by atoms with Crippen molar-refractivity contribution in [3.63, 3.8) is 0 Å². The van der Waals surface area contributed by atoms with Crippen LogP contribution in [0.5, 0.6) is 0 Å². The number of fused-ring (bicyclic) bond motifs is 2. The molecule has 0 amide bonds. The van der Waals surface area contributed by atoms with Gasteiger partial charge >= 0.3 is 114 Å². The Kier molecular flexibility index (Phi) is 2.69. The van der Waals surface area contributed by atoms with E-state index in [1.807, 2.05) is 6.07 Å². The summed E-state index contributed by atoms with van der Waals surface area (Å²) in [4.78, 5) is 7.58. The molecule has 2 bridgehead atoms. The zero-order chi connectivity index (χ0) is 13.2. The Labute approximate surface area is 114 Å². The zero-order valence-corrected chi connectivity index (χ0v) is 14.8. The van der Waals surface area contributed by atoms with Crippen LogP contribution in [-0.2, 0) is 8.85 Å². The predicted molar refractivity (Wildman–Crippen MR) is 77.2 cm³/mol. The molecule has 0 saturated heterocycles. The third-order valence-electron chi connectivity index (χ3n) is 5.79. The molecule has 0 aliphatic heterocycles. The summed E-state index contributed by atoms with van der Waals surface area (Å²) in [5, 5.41) is 0. The molecule has 1 aromatic carbocycles. The second kappa shape index (κ2) is 3.74. The van der Waals surface area contributed by atoms with E-state index in [1.54, 1.807) is 6.07 Å². The van der Waals surface area contributed by atoms with E-state index in [4.69, 9.17) is 0 Å². The first-order chi connectivity index (χ1) is 8.29. The van der Waals surface area contributed by atoms with Crippen molar-refractivity contribution >= 4 is 18.4 Å². The van der Waals surface area contributed by atoms with E-state index in [0.717, 1.165) is 0 Å². The van der Waals surface area contributed by atoms with Crippen molar-refractivity contribution in [3.8, 4) is 0 Å². The van der Waals surface area contributed by atoms with Gasteiger partial charge < -0.3 is 0 Å². The molecule has 3 aliphatic rings. The quantitative estimate of drug-likeness (QED) is 0.637. The topological polar surface area (TPSA) is 0 Å². The van der Waals surface area contributed by atoms with E-state index in [2.05, 4.69) is 27.8 Å². The van der Waals surface area contributed by atoms with Gasteiger partial charge in [-0.2, -0.15) is 0 Å². The molecule has 4 rings (SSSR count). The number of halogens is 1. The second-order valence-electron chi connectivity index (χ2n) is 7.58. The summed E-state index contributed by atoms with van der Waals surface area (Å²) in [6, 6.07) is 5.61. The van der Waals surface area contributed by atoms with Crippen LogP contribution in [0.1, 0.15) is 43.7 Å². The molecule has 1 saturated carbocycles. The summed E-state index contributed by atoms with van der Waals surface area (Å²) < 4.78 is 14.1. The fourth-order valence-corrected chi connectivity index (χ4v) is 12.3. The number of hydrogen-bond acceptors (Lipinski definition) is 0. The molecule has 3 aliphatic carbocycles. The molecule has 0 radical (unpaired) electrons. The fraction of sp³-hybridized carbons (Fsp3) is 0.625. The summed E-state index contributed by atoms with van der Waals surface area (Å²) in [5.74, 6) is -0.0418. The standard InChI is InChI=1S/C13H14F.3CH3.Sn/c1-13-6-4-9(5-7-13)11-8-10(14)2-3-12(11)13;;;;/h2-3,8H,4-7H2,1H3;3*1H3;. The van der Waals surface area contributed by atoms with Crippen molar-refractivity contribution in [1.82, 2.24) is 0 Å². The van der Waals surface area contributed by atoms with Gasteiger partial charge in [0.1, 0.15) is 0 Å². The first-order valence-corrected chi connectivity index (χ1v) is 17.1. The molecule has 0 spiro atoms. The molecule has 0 N–H and O–H groups in total. The molecular weight excluding hydrogens is 330 g/mol. The Morgan fingerprint density at radius 2 is 1.61 bits per heavy atom. The van der Waals surface area contributed by atoms with Crippen LogP contribution in [0.15, 0.2) is 18.2 Å². The molecule has 0 unspecified atom stereocenters. The van der Waals surface area contributed by atoms with Gasteiger partial charge in [0.05, 0.1) is 0 Å². The van der Waals surface area contributed by atoms with Crippen LogP contribution in [0.3, 0.4) is 0 Å². The fourth-order valence-electron chi connectivity index (χ4n) is 4.36. The van der Waals surface area contributed by atoms with Gasteiger partial charge in [-0.1, -0.05) is 0 Å². The molecule has 0 atom stereocenters. The summed E-state index contributed by atoms with van der Waals surface area (Å²) in [5.41, 5.74) is 3.18. The summed E-state index contributed by atoms with van der Waals surface area (Å²) in [6.45, 7) is 2.38. The van der Waals surface area contributed by atoms with Gasteiger partial charge in [0.25, 0.3) is 0 Å². The average molecular weight is 353 g/mol. The third-order valence-corrected chi connectivity index (χ3v) is 16.2. The van der Waals surface area contributed by atoms with Gasteiger partial charge in [-0.05, 0) is 0 Å². The monoisotopic (exact) mass is 354 g/mol. The Morgan fingerprint density at radius 3 is 2.17 bits per heavy atom. The maximum atomic E-state index is 13.7. The van der Waals surface area contributed by atoms with Crippen LogP contribution < -0.4 is 0 Å². The van der Waals surface area contributed by atoms with Gasteiger partial charge in [-0.25, -0.2) is 0 Å². The van der Waals surface area contributed by atoms with Crippen molar-refractivity contribution < 1.29 is 4.39 Å². The zero-order valence-electron chi connectivity index (χ0n) is 11.9. The molecular formula is C16H23FSn.